The van der Waals surface area contributed by atoms with E-state index >= 15 is 0 Å². The van der Waals surface area contributed by atoms with Crippen LogP contribution in [0.15, 0.2) is 0 Å². The highest BCUT2D eigenvalue weighted by Gasteiger charge is 1.41. The van der Waals surface area contributed by atoms with Crippen LogP contribution in [-0.2, 0) is 0 Å². The molecule has 0 nitrogen and oxygen atoms in total. The molecular formula is C3H8Br2S. The normalized spacial score (nSPS) is 6.00. The molecule has 0 aromatic heterocycles. The molecule has 0 spiro atoms. The third kappa shape index (κ3) is 57.5. The Morgan fingerprint density at radius 2 is 1.33 bits per heavy atom. The van der Waals surface area contributed by atoms with Crippen LogP contribution < -0.4 is 0 Å². The van der Waals surface area contributed by atoms with Crippen molar-refractivity contribution in [1.29, 1.82) is 0 Å². The lowest BCUT2D eigenvalue weighted by atomic mass is 11.9. The number of rotatable bonds is 0. The third-order valence-corrected chi connectivity index (χ3v) is 0. The van der Waals surface area contributed by atoms with Crippen molar-refractivity contribution in [1.82, 2.24) is 0 Å². The minimum absolute atomic E-state index is 0.875. The summed E-state index contributed by atoms with van der Waals surface area (Å²) < 4.78 is 0.875. The molecule has 0 fully saturated rings. The van der Waals surface area contributed by atoms with E-state index in [0.29, 0.717) is 0 Å². The molecule has 3 heteroatoms. The first-order chi connectivity index (χ1) is 2.83. The smallest absolute Gasteiger partial charge is 0.0588 e. The third-order valence-electron chi connectivity index (χ3n) is 0. The Hall–Kier alpha value is 1.31. The molecule has 0 aliphatic heterocycles. The molecule has 0 aromatic carbocycles. The average Bonchev–Trinajstić information content (AvgIpc) is 1.39. The molecule has 0 amide bonds. The fourth-order valence-corrected chi connectivity index (χ4v) is 0. The van der Waals surface area contributed by atoms with Crippen molar-refractivity contribution in [2.45, 2.75) is 0 Å². The molecule has 6 heavy (non-hydrogen) atoms. The fourth-order valence-electron chi connectivity index (χ4n) is 0. The highest BCUT2D eigenvalue weighted by atomic mass is 79.9. The maximum atomic E-state index is 3.06. The molecule has 0 saturated heterocycles. The Morgan fingerprint density at radius 1 is 1.33 bits per heavy atom. The van der Waals surface area contributed by atoms with E-state index in [1.807, 2.05) is 12.5 Å². The Labute approximate surface area is 60.3 Å². The van der Waals surface area contributed by atoms with Crippen molar-refractivity contribution in [3.8, 4) is 0 Å². The number of alkyl halides is 2. The van der Waals surface area contributed by atoms with Crippen LogP contribution in [0.1, 0.15) is 0 Å². The first kappa shape index (κ1) is 10.3. The Bertz CT molecular complexity index is 10.8. The van der Waals surface area contributed by atoms with Crippen LogP contribution in [0.3, 0.4) is 0 Å². The average molecular weight is 236 g/mol. The summed E-state index contributed by atoms with van der Waals surface area (Å²) in [6, 6.07) is 0. The quantitative estimate of drug-likeness (QED) is 0.582. The standard InChI is InChI=1S/C2H6S.CH2Br2/c1-3-2;2-1-3/h1-2H3;1H2. The van der Waals surface area contributed by atoms with Gasteiger partial charge in [-0.3, -0.25) is 0 Å². The molecule has 0 bridgehead atoms. The van der Waals surface area contributed by atoms with Gasteiger partial charge in [0.1, 0.15) is 0 Å². The van der Waals surface area contributed by atoms with Crippen molar-refractivity contribution in [2.75, 3.05) is 16.8 Å². The number of thioether (sulfide) groups is 1. The molecule has 0 rings (SSSR count). The van der Waals surface area contributed by atoms with Gasteiger partial charge in [-0.25, -0.2) is 0 Å². The van der Waals surface area contributed by atoms with Crippen LogP contribution in [0.4, 0.5) is 0 Å². The monoisotopic (exact) mass is 234 g/mol. The summed E-state index contributed by atoms with van der Waals surface area (Å²) in [5.74, 6) is 0. The molecule has 0 unspecified atom stereocenters. The topological polar surface area (TPSA) is 0 Å². The van der Waals surface area contributed by atoms with Crippen molar-refractivity contribution in [3.63, 3.8) is 0 Å². The van der Waals surface area contributed by atoms with Gasteiger partial charge in [0.2, 0.25) is 0 Å². The zero-order chi connectivity index (χ0) is 5.41. The van der Waals surface area contributed by atoms with Gasteiger partial charge in [-0.2, -0.15) is 11.8 Å². The molecular weight excluding hydrogens is 228 g/mol. The van der Waals surface area contributed by atoms with Crippen LogP contribution in [-0.4, -0.2) is 16.8 Å². The lowest BCUT2D eigenvalue weighted by Gasteiger charge is -1.51. The minimum Gasteiger partial charge on any atom is -0.169 e. The molecule has 0 aliphatic rings. The van der Waals surface area contributed by atoms with E-state index in [-0.39, 0.29) is 0 Å². The van der Waals surface area contributed by atoms with Gasteiger partial charge >= 0.3 is 0 Å². The summed E-state index contributed by atoms with van der Waals surface area (Å²) in [6.45, 7) is 0. The summed E-state index contributed by atoms with van der Waals surface area (Å²) in [7, 11) is 0. The molecule has 0 radical (unpaired) electrons. The summed E-state index contributed by atoms with van der Waals surface area (Å²) in [5, 5.41) is 0. The zero-order valence-corrected chi connectivity index (χ0v) is 7.86. The minimum atomic E-state index is 0.875. The van der Waals surface area contributed by atoms with E-state index in [1.165, 1.54) is 0 Å². The Balaban J connectivity index is 0. The van der Waals surface area contributed by atoms with Crippen molar-refractivity contribution < 1.29 is 0 Å². The molecule has 0 atom stereocenters. The van der Waals surface area contributed by atoms with Crippen LogP contribution in [0.2, 0.25) is 0 Å². The largest absolute Gasteiger partial charge is 0.169 e. The van der Waals surface area contributed by atoms with Crippen molar-refractivity contribution in [2.24, 2.45) is 0 Å². The van der Waals surface area contributed by atoms with Gasteiger partial charge in [0.05, 0.1) is 4.24 Å². The molecule has 0 N–H and O–H groups in total. The van der Waals surface area contributed by atoms with Crippen LogP contribution >= 0.6 is 43.6 Å². The van der Waals surface area contributed by atoms with Gasteiger partial charge in [0, 0.05) is 0 Å². The molecule has 0 heterocycles. The van der Waals surface area contributed by atoms with E-state index in [9.17, 15) is 0 Å². The van der Waals surface area contributed by atoms with Crippen LogP contribution in [0.25, 0.3) is 0 Å². The lowest BCUT2D eigenvalue weighted by molar-refractivity contribution is 2.37. The van der Waals surface area contributed by atoms with Gasteiger partial charge in [-0.1, -0.05) is 31.9 Å². The SMILES string of the molecule is BrCBr.CSC. The summed E-state index contributed by atoms with van der Waals surface area (Å²) in [5.41, 5.74) is 0. The first-order valence-corrected chi connectivity index (χ1v) is 5.23. The van der Waals surface area contributed by atoms with Crippen LogP contribution in [0, 0.1) is 0 Å². The van der Waals surface area contributed by atoms with Crippen LogP contribution in [0.5, 0.6) is 0 Å². The fraction of sp³-hybridized carbons (Fsp3) is 1.00. The molecule has 40 valence electrons. The first-order valence-electron chi connectivity index (χ1n) is 1.35. The van der Waals surface area contributed by atoms with E-state index in [4.69, 9.17) is 0 Å². The predicted octanol–water partition coefficient (Wildman–Crippen LogP) is 2.71. The van der Waals surface area contributed by atoms with Gasteiger partial charge in [0.25, 0.3) is 0 Å². The summed E-state index contributed by atoms with van der Waals surface area (Å²) in [6.07, 6.45) is 4.08. The lowest BCUT2D eigenvalue weighted by Crippen LogP contribution is -1.25. The second kappa shape index (κ2) is 16.2. The Kier molecular flexibility index (Phi) is 27.9. The Morgan fingerprint density at radius 3 is 1.33 bits per heavy atom. The van der Waals surface area contributed by atoms with E-state index in [2.05, 4.69) is 31.9 Å². The predicted molar refractivity (Wildman–Crippen MR) is 42.2 cm³/mol. The maximum Gasteiger partial charge on any atom is 0.0588 e. The van der Waals surface area contributed by atoms with E-state index in [0.717, 1.165) is 4.24 Å². The summed E-state index contributed by atoms with van der Waals surface area (Å²) >= 11 is 7.88. The number of hydrogen-bond donors (Lipinski definition) is 0. The maximum absolute atomic E-state index is 3.06. The van der Waals surface area contributed by atoms with Gasteiger partial charge in [0.15, 0.2) is 0 Å². The second-order valence-corrected chi connectivity index (χ2v) is 3.95. The highest BCUT2D eigenvalue weighted by molar-refractivity contribution is 9.24. The zero-order valence-electron chi connectivity index (χ0n) is 3.87. The van der Waals surface area contributed by atoms with Gasteiger partial charge in [-0.15, -0.1) is 0 Å². The number of halogens is 2. The molecule has 0 aliphatic carbocycles. The summed E-state index contributed by atoms with van der Waals surface area (Å²) in [4.78, 5) is 0. The van der Waals surface area contributed by atoms with Crippen molar-refractivity contribution >= 4 is 43.6 Å². The van der Waals surface area contributed by atoms with E-state index in [1.54, 1.807) is 11.8 Å². The van der Waals surface area contributed by atoms with Crippen molar-refractivity contribution in [3.05, 3.63) is 0 Å². The second-order valence-electron chi connectivity index (χ2n) is 0.509. The number of hydrogen-bond acceptors (Lipinski definition) is 1. The van der Waals surface area contributed by atoms with Gasteiger partial charge < -0.3 is 0 Å². The molecule has 0 saturated carbocycles. The highest BCUT2D eigenvalue weighted by Crippen LogP contribution is 1.83. The molecule has 0 aromatic rings. The van der Waals surface area contributed by atoms with E-state index < -0.39 is 0 Å². The van der Waals surface area contributed by atoms with Gasteiger partial charge in [-0.05, 0) is 12.5 Å².